The summed E-state index contributed by atoms with van der Waals surface area (Å²) in [6.45, 7) is 0. The van der Waals surface area contributed by atoms with Gasteiger partial charge in [0.15, 0.2) is 23.1 Å². The van der Waals surface area contributed by atoms with Gasteiger partial charge in [-0.2, -0.15) is 0 Å². The summed E-state index contributed by atoms with van der Waals surface area (Å²) >= 11 is 6.00. The Morgan fingerprint density at radius 1 is 1.07 bits per heavy atom. The van der Waals surface area contributed by atoms with Crippen LogP contribution in [0.2, 0.25) is 5.02 Å². The second kappa shape index (κ2) is 8.57. The van der Waals surface area contributed by atoms with Crippen molar-refractivity contribution in [2.24, 2.45) is 0 Å². The molecule has 1 N–H and O–H groups in total. The maximum atomic E-state index is 13.9. The quantitative estimate of drug-likeness (QED) is 0.426. The van der Waals surface area contributed by atoms with Crippen LogP contribution in [0.25, 0.3) is 0 Å². The number of nitrogens with zero attached hydrogens (tertiary/aromatic N) is 1. The van der Waals surface area contributed by atoms with Crippen LogP contribution in [0, 0.1) is 15.9 Å². The normalized spacial score (nSPS) is 10.3. The lowest BCUT2D eigenvalue weighted by atomic mass is 10.1. The highest BCUT2D eigenvalue weighted by atomic mass is 35.5. The molecule has 7 nitrogen and oxygen atoms in total. The van der Waals surface area contributed by atoms with Gasteiger partial charge in [0.1, 0.15) is 0 Å². The molecule has 0 aliphatic carbocycles. The van der Waals surface area contributed by atoms with E-state index in [1.54, 1.807) is 6.07 Å². The second-order valence-electron chi connectivity index (χ2n) is 5.77. The number of benzene rings is 3. The number of carbonyl (C=O) groups excluding carboxylic acids is 1. The third kappa shape index (κ3) is 4.61. The Labute approximate surface area is 169 Å². The van der Waals surface area contributed by atoms with Crippen molar-refractivity contribution in [3.05, 3.63) is 87.2 Å². The first-order valence-electron chi connectivity index (χ1n) is 8.24. The molecule has 0 radical (unpaired) electrons. The third-order valence-corrected chi connectivity index (χ3v) is 4.12. The van der Waals surface area contributed by atoms with E-state index in [0.29, 0.717) is 5.02 Å². The summed E-state index contributed by atoms with van der Waals surface area (Å²) < 4.78 is 24.4. The molecule has 0 atom stereocenters. The molecule has 3 aromatic carbocycles. The van der Waals surface area contributed by atoms with E-state index in [1.165, 1.54) is 55.6 Å². The number of ether oxygens (including phenoxy) is 2. The van der Waals surface area contributed by atoms with Crippen molar-refractivity contribution in [1.82, 2.24) is 0 Å². The van der Waals surface area contributed by atoms with Crippen molar-refractivity contribution in [2.75, 3.05) is 12.4 Å². The number of hydrogen-bond donors (Lipinski definition) is 1. The number of methoxy groups -OCH3 is 1. The van der Waals surface area contributed by atoms with Crippen molar-refractivity contribution in [3.8, 4) is 17.2 Å². The molecular weight excluding hydrogens is 403 g/mol. The minimum Gasteiger partial charge on any atom is -0.490 e. The molecule has 0 aromatic heterocycles. The zero-order chi connectivity index (χ0) is 21.0. The SMILES string of the molecule is COc1ccc(C(=O)Nc2cc(Cl)ccc2Oc2ccccc2F)cc1[N+](=O)[O-]. The van der Waals surface area contributed by atoms with Crippen LogP contribution < -0.4 is 14.8 Å². The van der Waals surface area contributed by atoms with Gasteiger partial charge < -0.3 is 14.8 Å². The Morgan fingerprint density at radius 3 is 2.48 bits per heavy atom. The van der Waals surface area contributed by atoms with Crippen molar-refractivity contribution in [1.29, 1.82) is 0 Å². The number of carbonyl (C=O) groups is 1. The first-order chi connectivity index (χ1) is 13.9. The Morgan fingerprint density at radius 2 is 1.79 bits per heavy atom. The standard InChI is InChI=1S/C20H14ClFN2O5/c1-28-19-8-6-12(10-16(19)24(26)27)20(25)23-15-11-13(21)7-9-18(15)29-17-5-3-2-4-14(17)22/h2-11H,1H3,(H,23,25). The molecule has 29 heavy (non-hydrogen) atoms. The molecule has 0 spiro atoms. The van der Waals surface area contributed by atoms with E-state index in [0.717, 1.165) is 6.07 Å². The van der Waals surface area contributed by atoms with E-state index in [1.807, 2.05) is 0 Å². The molecule has 1 amide bonds. The Kier molecular flexibility index (Phi) is 5.94. The van der Waals surface area contributed by atoms with Crippen LogP contribution in [-0.4, -0.2) is 17.9 Å². The molecule has 148 valence electrons. The average Bonchev–Trinajstić information content (AvgIpc) is 2.70. The van der Waals surface area contributed by atoms with E-state index in [2.05, 4.69) is 5.32 Å². The molecule has 0 saturated carbocycles. The number of nitro benzene ring substituents is 1. The van der Waals surface area contributed by atoms with Gasteiger partial charge in [-0.1, -0.05) is 23.7 Å². The van der Waals surface area contributed by atoms with Crippen molar-refractivity contribution < 1.29 is 23.6 Å². The van der Waals surface area contributed by atoms with Crippen LogP contribution in [0.3, 0.4) is 0 Å². The van der Waals surface area contributed by atoms with E-state index >= 15 is 0 Å². The molecule has 0 fully saturated rings. The Hall–Kier alpha value is -3.65. The monoisotopic (exact) mass is 416 g/mol. The van der Waals surface area contributed by atoms with Crippen LogP contribution in [-0.2, 0) is 0 Å². The van der Waals surface area contributed by atoms with E-state index in [9.17, 15) is 19.3 Å². The lowest BCUT2D eigenvalue weighted by Gasteiger charge is -2.13. The molecule has 3 aromatic rings. The molecule has 0 bridgehead atoms. The van der Waals surface area contributed by atoms with Crippen LogP contribution in [0.1, 0.15) is 10.4 Å². The zero-order valence-corrected chi connectivity index (χ0v) is 15.8. The van der Waals surface area contributed by atoms with Gasteiger partial charge in [0.05, 0.1) is 17.7 Å². The number of amides is 1. The molecular formula is C20H14ClFN2O5. The van der Waals surface area contributed by atoms with E-state index in [-0.39, 0.29) is 34.2 Å². The lowest BCUT2D eigenvalue weighted by molar-refractivity contribution is -0.385. The molecule has 0 aliphatic rings. The van der Waals surface area contributed by atoms with Gasteiger partial charge in [0.2, 0.25) is 0 Å². The fourth-order valence-corrected chi connectivity index (χ4v) is 2.68. The van der Waals surface area contributed by atoms with Crippen LogP contribution >= 0.6 is 11.6 Å². The van der Waals surface area contributed by atoms with Gasteiger partial charge in [-0.15, -0.1) is 0 Å². The molecule has 3 rings (SSSR count). The molecule has 0 unspecified atom stereocenters. The smallest absolute Gasteiger partial charge is 0.311 e. The van der Waals surface area contributed by atoms with Crippen LogP contribution in [0.15, 0.2) is 60.7 Å². The van der Waals surface area contributed by atoms with Crippen LogP contribution in [0.5, 0.6) is 17.2 Å². The second-order valence-corrected chi connectivity index (χ2v) is 6.21. The van der Waals surface area contributed by atoms with Gasteiger partial charge in [0.25, 0.3) is 5.91 Å². The summed E-state index contributed by atoms with van der Waals surface area (Å²) in [5.74, 6) is -1.08. The Balaban J connectivity index is 1.91. The number of rotatable bonds is 6. The first-order valence-corrected chi connectivity index (χ1v) is 8.62. The maximum absolute atomic E-state index is 13.9. The lowest BCUT2D eigenvalue weighted by Crippen LogP contribution is -2.13. The minimum absolute atomic E-state index is 0.0225. The molecule has 0 saturated heterocycles. The van der Waals surface area contributed by atoms with Crippen LogP contribution in [0.4, 0.5) is 15.8 Å². The van der Waals surface area contributed by atoms with Gasteiger partial charge in [-0.3, -0.25) is 14.9 Å². The van der Waals surface area contributed by atoms with E-state index < -0.39 is 16.6 Å². The van der Waals surface area contributed by atoms with E-state index in [4.69, 9.17) is 21.1 Å². The predicted octanol–water partition coefficient (Wildman–Crippen LogP) is 5.44. The summed E-state index contributed by atoms with van der Waals surface area (Å²) in [7, 11) is 1.29. The molecule has 0 aliphatic heterocycles. The fraction of sp³-hybridized carbons (Fsp3) is 0.0500. The molecule has 0 heterocycles. The summed E-state index contributed by atoms with van der Waals surface area (Å²) in [5.41, 5.74) is -0.160. The topological polar surface area (TPSA) is 90.7 Å². The zero-order valence-electron chi connectivity index (χ0n) is 15.0. The summed E-state index contributed by atoms with van der Waals surface area (Å²) in [5, 5.41) is 14.1. The third-order valence-electron chi connectivity index (χ3n) is 3.88. The Bertz CT molecular complexity index is 1090. The number of anilines is 1. The predicted molar refractivity (Wildman–Crippen MR) is 106 cm³/mol. The van der Waals surface area contributed by atoms with Gasteiger partial charge in [-0.05, 0) is 42.5 Å². The average molecular weight is 417 g/mol. The number of halogens is 2. The van der Waals surface area contributed by atoms with Gasteiger partial charge >= 0.3 is 5.69 Å². The highest BCUT2D eigenvalue weighted by molar-refractivity contribution is 6.31. The van der Waals surface area contributed by atoms with Gasteiger partial charge in [-0.25, -0.2) is 4.39 Å². The minimum atomic E-state index is -0.651. The number of para-hydroxylation sites is 1. The highest BCUT2D eigenvalue weighted by Crippen LogP contribution is 2.34. The highest BCUT2D eigenvalue weighted by Gasteiger charge is 2.19. The fourth-order valence-electron chi connectivity index (χ4n) is 2.50. The summed E-state index contributed by atoms with van der Waals surface area (Å²) in [6, 6.07) is 14.0. The number of hydrogen-bond acceptors (Lipinski definition) is 5. The van der Waals surface area contributed by atoms with Crippen molar-refractivity contribution >= 4 is 28.9 Å². The van der Waals surface area contributed by atoms with Gasteiger partial charge in [0, 0.05) is 16.7 Å². The van der Waals surface area contributed by atoms with Crippen molar-refractivity contribution in [3.63, 3.8) is 0 Å². The summed E-state index contributed by atoms with van der Waals surface area (Å²) in [4.78, 5) is 23.1. The largest absolute Gasteiger partial charge is 0.490 e. The number of nitrogens with one attached hydrogen (secondary N) is 1. The first kappa shape index (κ1) is 20.1. The maximum Gasteiger partial charge on any atom is 0.311 e. The van der Waals surface area contributed by atoms with Crippen molar-refractivity contribution in [2.45, 2.75) is 0 Å². The summed E-state index contributed by atoms with van der Waals surface area (Å²) in [6.07, 6.45) is 0. The molecule has 9 heteroatoms. The number of nitro groups is 1.